The van der Waals surface area contributed by atoms with Gasteiger partial charge in [-0.3, -0.25) is 10.7 Å². The van der Waals surface area contributed by atoms with Gasteiger partial charge in [0.1, 0.15) is 0 Å². The van der Waals surface area contributed by atoms with E-state index in [0.717, 1.165) is 37.5 Å². The smallest absolute Gasteiger partial charge is 0.0406 e. The van der Waals surface area contributed by atoms with Gasteiger partial charge in [0.2, 0.25) is 0 Å². The second-order valence-electron chi connectivity index (χ2n) is 4.81. The fourth-order valence-corrected chi connectivity index (χ4v) is 2.46. The van der Waals surface area contributed by atoms with Crippen LogP contribution in [0.3, 0.4) is 0 Å². The van der Waals surface area contributed by atoms with Crippen molar-refractivity contribution >= 4 is 11.6 Å². The van der Waals surface area contributed by atoms with E-state index in [9.17, 15) is 0 Å². The Balaban J connectivity index is 1.88. The molecule has 3 nitrogen and oxygen atoms in total. The highest BCUT2D eigenvalue weighted by Gasteiger charge is 2.20. The predicted molar refractivity (Wildman–Crippen MR) is 71.7 cm³/mol. The number of hydrogen-bond donors (Lipinski definition) is 1. The molecule has 0 saturated carbocycles. The first kappa shape index (κ1) is 12.8. The molecular formula is C13H20ClN3. The van der Waals surface area contributed by atoms with Crippen molar-refractivity contribution in [2.24, 2.45) is 5.84 Å². The Kier molecular flexibility index (Phi) is 4.40. The first-order chi connectivity index (χ1) is 8.15. The van der Waals surface area contributed by atoms with E-state index in [0.29, 0.717) is 6.04 Å². The second kappa shape index (κ2) is 5.83. The summed E-state index contributed by atoms with van der Waals surface area (Å²) in [4.78, 5) is 2.41. The summed E-state index contributed by atoms with van der Waals surface area (Å²) in [7, 11) is 2.19. The Morgan fingerprint density at radius 3 is 2.47 bits per heavy atom. The van der Waals surface area contributed by atoms with Gasteiger partial charge in [0.15, 0.2) is 0 Å². The monoisotopic (exact) mass is 253 g/mol. The summed E-state index contributed by atoms with van der Waals surface area (Å²) in [5.74, 6) is 5.77. The molecule has 94 valence electrons. The number of nitrogens with two attached hydrogens (primary N) is 1. The van der Waals surface area contributed by atoms with Crippen molar-refractivity contribution in [3.8, 4) is 0 Å². The van der Waals surface area contributed by atoms with E-state index in [4.69, 9.17) is 17.4 Å². The minimum absolute atomic E-state index is 0.644. The number of hydrogen-bond acceptors (Lipinski definition) is 3. The molecular weight excluding hydrogens is 234 g/mol. The lowest BCUT2D eigenvalue weighted by Crippen LogP contribution is -2.45. The standard InChI is InChI=1S/C13H20ClN3/c1-16(13-6-8-17(15)9-7-13)10-11-2-4-12(14)5-3-11/h2-5,13H,6-10,15H2,1H3. The second-order valence-corrected chi connectivity index (χ2v) is 5.25. The SMILES string of the molecule is CN(Cc1ccc(Cl)cc1)C1CCN(N)CC1. The van der Waals surface area contributed by atoms with Crippen LogP contribution in [0.15, 0.2) is 24.3 Å². The molecule has 0 spiro atoms. The van der Waals surface area contributed by atoms with Gasteiger partial charge in [-0.25, -0.2) is 5.01 Å². The van der Waals surface area contributed by atoms with E-state index in [1.807, 2.05) is 17.1 Å². The summed E-state index contributed by atoms with van der Waals surface area (Å²) >= 11 is 5.88. The van der Waals surface area contributed by atoms with E-state index in [-0.39, 0.29) is 0 Å². The molecule has 1 aliphatic heterocycles. The van der Waals surface area contributed by atoms with Gasteiger partial charge in [0.05, 0.1) is 0 Å². The van der Waals surface area contributed by atoms with E-state index < -0.39 is 0 Å². The molecule has 0 amide bonds. The van der Waals surface area contributed by atoms with Crippen molar-refractivity contribution in [2.75, 3.05) is 20.1 Å². The Morgan fingerprint density at radius 2 is 1.88 bits per heavy atom. The number of piperidine rings is 1. The molecule has 1 aromatic carbocycles. The Morgan fingerprint density at radius 1 is 1.29 bits per heavy atom. The largest absolute Gasteiger partial charge is 0.299 e. The van der Waals surface area contributed by atoms with Crippen molar-refractivity contribution < 1.29 is 0 Å². The average molecular weight is 254 g/mol. The van der Waals surface area contributed by atoms with E-state index in [2.05, 4.69) is 24.1 Å². The first-order valence-electron chi connectivity index (χ1n) is 6.09. The number of hydrazine groups is 1. The molecule has 1 saturated heterocycles. The maximum absolute atomic E-state index is 5.88. The zero-order valence-electron chi connectivity index (χ0n) is 10.3. The third kappa shape index (κ3) is 3.68. The van der Waals surface area contributed by atoms with Gasteiger partial charge in [0.25, 0.3) is 0 Å². The molecule has 1 fully saturated rings. The van der Waals surface area contributed by atoms with Crippen molar-refractivity contribution in [1.82, 2.24) is 9.91 Å². The van der Waals surface area contributed by atoms with Crippen LogP contribution in [0.4, 0.5) is 0 Å². The summed E-state index contributed by atoms with van der Waals surface area (Å²) in [6.07, 6.45) is 2.31. The molecule has 1 heterocycles. The molecule has 0 radical (unpaired) electrons. The normalized spacial score (nSPS) is 18.8. The van der Waals surface area contributed by atoms with Gasteiger partial charge < -0.3 is 0 Å². The Hall–Kier alpha value is -0.610. The lowest BCUT2D eigenvalue weighted by Gasteiger charge is -2.34. The molecule has 0 aromatic heterocycles. The van der Waals surface area contributed by atoms with Crippen LogP contribution in [-0.2, 0) is 6.54 Å². The molecule has 2 N–H and O–H groups in total. The number of rotatable bonds is 3. The van der Waals surface area contributed by atoms with Crippen LogP contribution >= 0.6 is 11.6 Å². The van der Waals surface area contributed by atoms with E-state index in [1.54, 1.807) is 0 Å². The third-order valence-electron chi connectivity index (χ3n) is 3.47. The maximum atomic E-state index is 5.88. The summed E-state index contributed by atoms with van der Waals surface area (Å²) in [6.45, 7) is 2.97. The van der Waals surface area contributed by atoms with Crippen LogP contribution in [0.25, 0.3) is 0 Å². The van der Waals surface area contributed by atoms with Gasteiger partial charge in [-0.15, -0.1) is 0 Å². The first-order valence-corrected chi connectivity index (χ1v) is 6.47. The lowest BCUT2D eigenvalue weighted by atomic mass is 10.0. The van der Waals surface area contributed by atoms with Gasteiger partial charge in [-0.1, -0.05) is 23.7 Å². The van der Waals surface area contributed by atoms with Gasteiger partial charge in [0, 0.05) is 30.7 Å². The summed E-state index contributed by atoms with van der Waals surface area (Å²) < 4.78 is 0. The van der Waals surface area contributed by atoms with E-state index in [1.165, 1.54) is 5.56 Å². The molecule has 0 unspecified atom stereocenters. The quantitative estimate of drug-likeness (QED) is 0.838. The number of halogens is 1. The van der Waals surface area contributed by atoms with Crippen molar-refractivity contribution in [1.29, 1.82) is 0 Å². The highest BCUT2D eigenvalue weighted by molar-refractivity contribution is 6.30. The molecule has 1 aliphatic rings. The van der Waals surface area contributed by atoms with Crippen molar-refractivity contribution in [3.05, 3.63) is 34.9 Å². The molecule has 1 aromatic rings. The van der Waals surface area contributed by atoms with Crippen LogP contribution in [-0.4, -0.2) is 36.1 Å². The number of benzene rings is 1. The fourth-order valence-electron chi connectivity index (χ4n) is 2.33. The fraction of sp³-hybridized carbons (Fsp3) is 0.538. The number of nitrogens with zero attached hydrogens (tertiary/aromatic N) is 2. The van der Waals surface area contributed by atoms with Crippen LogP contribution in [0.2, 0.25) is 5.02 Å². The highest BCUT2D eigenvalue weighted by atomic mass is 35.5. The third-order valence-corrected chi connectivity index (χ3v) is 3.72. The Labute approximate surface area is 108 Å². The van der Waals surface area contributed by atoms with Crippen molar-refractivity contribution in [3.63, 3.8) is 0 Å². The van der Waals surface area contributed by atoms with Gasteiger partial charge in [-0.2, -0.15) is 0 Å². The van der Waals surface area contributed by atoms with Crippen LogP contribution in [0.5, 0.6) is 0 Å². The van der Waals surface area contributed by atoms with Crippen LogP contribution < -0.4 is 5.84 Å². The average Bonchev–Trinajstić information content (AvgIpc) is 2.33. The van der Waals surface area contributed by atoms with Crippen molar-refractivity contribution in [2.45, 2.75) is 25.4 Å². The molecule has 0 atom stereocenters. The molecule has 17 heavy (non-hydrogen) atoms. The maximum Gasteiger partial charge on any atom is 0.0406 e. The zero-order chi connectivity index (χ0) is 12.3. The minimum Gasteiger partial charge on any atom is -0.299 e. The summed E-state index contributed by atoms with van der Waals surface area (Å²) in [6, 6.07) is 8.74. The lowest BCUT2D eigenvalue weighted by molar-refractivity contribution is 0.124. The predicted octanol–water partition coefficient (Wildman–Crippen LogP) is 2.11. The summed E-state index contributed by atoms with van der Waals surface area (Å²) in [5.41, 5.74) is 1.31. The summed E-state index contributed by atoms with van der Waals surface area (Å²) in [5, 5.41) is 2.71. The molecule has 0 bridgehead atoms. The van der Waals surface area contributed by atoms with Gasteiger partial charge >= 0.3 is 0 Å². The molecule has 0 aliphatic carbocycles. The highest BCUT2D eigenvalue weighted by Crippen LogP contribution is 2.17. The topological polar surface area (TPSA) is 32.5 Å². The van der Waals surface area contributed by atoms with E-state index >= 15 is 0 Å². The van der Waals surface area contributed by atoms with Gasteiger partial charge in [-0.05, 0) is 37.6 Å². The van der Waals surface area contributed by atoms with Crippen LogP contribution in [0, 0.1) is 0 Å². The minimum atomic E-state index is 0.644. The molecule has 4 heteroatoms. The Bertz CT molecular complexity index is 344. The van der Waals surface area contributed by atoms with Crippen LogP contribution in [0.1, 0.15) is 18.4 Å². The molecule has 2 rings (SSSR count). The zero-order valence-corrected chi connectivity index (χ0v) is 11.0.